The van der Waals surface area contributed by atoms with Crippen molar-refractivity contribution in [2.75, 3.05) is 13.1 Å². The molecule has 2 aromatic heterocycles. The number of aliphatic carboxylic acids is 1. The van der Waals surface area contributed by atoms with E-state index in [1.807, 2.05) is 31.2 Å². The SMILES string of the molecule is CCCN(CCCc1ccc2c(ccn2C(C)(C)C(=O)O)c1)S(=O)(=O)c1sc2ccc(F)cc2c1C. The average molecular weight is 531 g/mol. The molecule has 0 radical (unpaired) electrons. The van der Waals surface area contributed by atoms with Crippen molar-refractivity contribution < 1.29 is 22.7 Å². The highest BCUT2D eigenvalue weighted by molar-refractivity contribution is 7.91. The molecule has 0 saturated carbocycles. The Labute approximate surface area is 215 Å². The summed E-state index contributed by atoms with van der Waals surface area (Å²) >= 11 is 1.19. The Morgan fingerprint density at radius 1 is 1.14 bits per heavy atom. The molecule has 2 aromatic carbocycles. The molecule has 192 valence electrons. The molecule has 0 aliphatic heterocycles. The number of benzene rings is 2. The van der Waals surface area contributed by atoms with Gasteiger partial charge in [-0.3, -0.25) is 0 Å². The number of aryl methyl sites for hydroxylation is 2. The third-order valence-corrected chi connectivity index (χ3v) is 10.4. The van der Waals surface area contributed by atoms with Gasteiger partial charge in [0.15, 0.2) is 0 Å². The summed E-state index contributed by atoms with van der Waals surface area (Å²) in [4.78, 5) is 11.7. The number of nitrogens with zero attached hydrogens (tertiary/aromatic N) is 2. The predicted octanol–water partition coefficient (Wildman–Crippen LogP) is 6.16. The fourth-order valence-corrected chi connectivity index (χ4v) is 7.98. The number of aromatic nitrogens is 1. The molecule has 0 saturated heterocycles. The molecule has 4 rings (SSSR count). The number of hydrogen-bond acceptors (Lipinski definition) is 4. The molecule has 0 atom stereocenters. The van der Waals surface area contributed by atoms with E-state index in [0.29, 0.717) is 43.3 Å². The fourth-order valence-electron chi connectivity index (χ4n) is 4.53. The molecule has 0 spiro atoms. The van der Waals surface area contributed by atoms with E-state index in [9.17, 15) is 22.7 Å². The van der Waals surface area contributed by atoms with Crippen LogP contribution in [0.2, 0.25) is 0 Å². The molecule has 6 nitrogen and oxygen atoms in total. The minimum Gasteiger partial charge on any atom is -0.480 e. The quantitative estimate of drug-likeness (QED) is 0.266. The Bertz CT molecular complexity index is 1540. The molecule has 9 heteroatoms. The molecule has 0 aliphatic rings. The van der Waals surface area contributed by atoms with Gasteiger partial charge in [0, 0.05) is 29.5 Å². The third-order valence-electron chi connectivity index (χ3n) is 6.65. The predicted molar refractivity (Wildman–Crippen MR) is 143 cm³/mol. The molecular weight excluding hydrogens is 499 g/mol. The third kappa shape index (κ3) is 4.79. The number of rotatable bonds is 10. The first-order valence-corrected chi connectivity index (χ1v) is 14.2. The number of carbonyl (C=O) groups is 1. The lowest BCUT2D eigenvalue weighted by atomic mass is 10.0. The highest BCUT2D eigenvalue weighted by Gasteiger charge is 2.30. The molecule has 0 bridgehead atoms. The van der Waals surface area contributed by atoms with Crippen molar-refractivity contribution in [1.29, 1.82) is 0 Å². The molecule has 4 aromatic rings. The molecule has 0 amide bonds. The number of hydrogen-bond donors (Lipinski definition) is 1. The molecule has 0 aliphatic carbocycles. The summed E-state index contributed by atoms with van der Waals surface area (Å²) in [5.74, 6) is -1.28. The lowest BCUT2D eigenvalue weighted by Gasteiger charge is -2.23. The Morgan fingerprint density at radius 3 is 2.58 bits per heavy atom. The van der Waals surface area contributed by atoms with Crippen LogP contribution in [0, 0.1) is 12.7 Å². The summed E-state index contributed by atoms with van der Waals surface area (Å²) in [6, 6.07) is 12.2. The van der Waals surface area contributed by atoms with Crippen LogP contribution in [0.25, 0.3) is 21.0 Å². The molecule has 2 heterocycles. The average Bonchev–Trinajstić information content (AvgIpc) is 3.40. The molecule has 0 fully saturated rings. The second-order valence-electron chi connectivity index (χ2n) is 9.61. The van der Waals surface area contributed by atoms with Crippen LogP contribution in [0.15, 0.2) is 52.9 Å². The van der Waals surface area contributed by atoms with Crippen LogP contribution in [-0.4, -0.2) is 41.5 Å². The van der Waals surface area contributed by atoms with Gasteiger partial charge in [0.1, 0.15) is 15.6 Å². The van der Waals surface area contributed by atoms with Gasteiger partial charge in [0.2, 0.25) is 0 Å². The first kappa shape index (κ1) is 26.3. The first-order valence-electron chi connectivity index (χ1n) is 12.0. The van der Waals surface area contributed by atoms with Gasteiger partial charge < -0.3 is 9.67 Å². The van der Waals surface area contributed by atoms with Crippen molar-refractivity contribution in [3.63, 3.8) is 0 Å². The zero-order chi connectivity index (χ0) is 26.3. The Balaban J connectivity index is 1.52. The maximum Gasteiger partial charge on any atom is 0.329 e. The van der Waals surface area contributed by atoms with Crippen LogP contribution in [0.1, 0.15) is 44.7 Å². The van der Waals surface area contributed by atoms with Gasteiger partial charge in [-0.25, -0.2) is 17.6 Å². The number of halogens is 1. The van der Waals surface area contributed by atoms with E-state index in [1.165, 1.54) is 27.8 Å². The summed E-state index contributed by atoms with van der Waals surface area (Å²) < 4.78 is 45.2. The van der Waals surface area contributed by atoms with Crippen LogP contribution < -0.4 is 0 Å². The minimum absolute atomic E-state index is 0.278. The fraction of sp³-hybridized carbons (Fsp3) is 0.370. The second-order valence-corrected chi connectivity index (χ2v) is 12.8. The lowest BCUT2D eigenvalue weighted by Crippen LogP contribution is -2.34. The Morgan fingerprint density at radius 2 is 1.89 bits per heavy atom. The maximum atomic E-state index is 13.7. The van der Waals surface area contributed by atoms with Gasteiger partial charge in [-0.2, -0.15) is 4.31 Å². The van der Waals surface area contributed by atoms with Gasteiger partial charge >= 0.3 is 5.97 Å². The van der Waals surface area contributed by atoms with Crippen LogP contribution in [-0.2, 0) is 26.8 Å². The summed E-state index contributed by atoms with van der Waals surface area (Å²) in [5, 5.41) is 11.2. The number of carboxylic acid groups (broad SMARTS) is 1. The van der Waals surface area contributed by atoms with Crippen molar-refractivity contribution in [2.45, 2.75) is 56.7 Å². The van der Waals surface area contributed by atoms with E-state index < -0.39 is 21.5 Å². The first-order chi connectivity index (χ1) is 17.0. The topological polar surface area (TPSA) is 79.6 Å². The number of thiophene rings is 1. The molecule has 36 heavy (non-hydrogen) atoms. The summed E-state index contributed by atoms with van der Waals surface area (Å²) in [5.41, 5.74) is 1.44. The van der Waals surface area contributed by atoms with Crippen LogP contribution in [0.4, 0.5) is 4.39 Å². The number of carboxylic acids is 1. The monoisotopic (exact) mass is 530 g/mol. The largest absolute Gasteiger partial charge is 0.480 e. The molecule has 0 unspecified atom stereocenters. The molecular formula is C27H31FN2O4S2. The standard InChI is InChI=1S/C27H31FN2O4S2/c1-5-13-29(36(33,34)25-18(2)22-17-21(28)9-11-24(22)35-25)14-6-7-19-8-10-23-20(16-19)12-15-30(23)27(3,4)26(31)32/h8-12,15-17H,5-7,13-14H2,1-4H3,(H,31,32). The van der Waals surface area contributed by atoms with Crippen molar-refractivity contribution in [2.24, 2.45) is 0 Å². The summed E-state index contributed by atoms with van der Waals surface area (Å²) in [6.07, 6.45) is 3.81. The van der Waals surface area contributed by atoms with Gasteiger partial charge in [-0.15, -0.1) is 11.3 Å². The summed E-state index contributed by atoms with van der Waals surface area (Å²) in [7, 11) is -3.71. The van der Waals surface area contributed by atoms with Crippen molar-refractivity contribution in [3.05, 3.63) is 65.6 Å². The zero-order valence-electron chi connectivity index (χ0n) is 20.9. The number of fused-ring (bicyclic) bond motifs is 2. The normalized spacial score (nSPS) is 12.7. The molecule has 1 N–H and O–H groups in total. The van der Waals surface area contributed by atoms with Crippen LogP contribution in [0.3, 0.4) is 0 Å². The van der Waals surface area contributed by atoms with E-state index in [1.54, 1.807) is 37.6 Å². The highest BCUT2D eigenvalue weighted by atomic mass is 32.2. The maximum absolute atomic E-state index is 13.7. The van der Waals surface area contributed by atoms with E-state index in [2.05, 4.69) is 0 Å². The lowest BCUT2D eigenvalue weighted by molar-refractivity contribution is -0.145. The van der Waals surface area contributed by atoms with Crippen LogP contribution in [0.5, 0.6) is 0 Å². The number of sulfonamides is 1. The van der Waals surface area contributed by atoms with Gasteiger partial charge in [-0.05, 0) is 98.3 Å². The Kier molecular flexibility index (Phi) is 7.28. The van der Waals surface area contributed by atoms with Gasteiger partial charge in [0.05, 0.1) is 0 Å². The van der Waals surface area contributed by atoms with E-state index in [4.69, 9.17) is 0 Å². The van der Waals surface area contributed by atoms with Crippen LogP contribution >= 0.6 is 11.3 Å². The van der Waals surface area contributed by atoms with Gasteiger partial charge in [0.25, 0.3) is 10.0 Å². The smallest absolute Gasteiger partial charge is 0.329 e. The van der Waals surface area contributed by atoms with Crippen molar-refractivity contribution >= 4 is 48.3 Å². The van der Waals surface area contributed by atoms with E-state index >= 15 is 0 Å². The second kappa shape index (κ2) is 9.95. The summed E-state index contributed by atoms with van der Waals surface area (Å²) in [6.45, 7) is 7.81. The zero-order valence-corrected chi connectivity index (χ0v) is 22.5. The van der Waals surface area contributed by atoms with Crippen molar-refractivity contribution in [3.8, 4) is 0 Å². The minimum atomic E-state index is -3.71. The highest BCUT2D eigenvalue weighted by Crippen LogP contribution is 2.36. The Hall–Kier alpha value is -2.75. The van der Waals surface area contributed by atoms with Gasteiger partial charge in [-0.1, -0.05) is 13.0 Å². The van der Waals surface area contributed by atoms with E-state index in [0.717, 1.165) is 21.2 Å². The van der Waals surface area contributed by atoms with Crippen molar-refractivity contribution in [1.82, 2.24) is 8.87 Å². The van der Waals surface area contributed by atoms with E-state index in [-0.39, 0.29) is 10.0 Å².